The van der Waals surface area contributed by atoms with Crippen LogP contribution in [0.4, 0.5) is 32.4 Å². The molecule has 1 saturated heterocycles. The van der Waals surface area contributed by atoms with Crippen LogP contribution in [-0.2, 0) is 4.79 Å². The number of benzene rings is 1. The van der Waals surface area contributed by atoms with Gasteiger partial charge in [-0.25, -0.2) is 26.7 Å². The molecule has 0 aromatic heterocycles. The molecule has 1 N–H and O–H groups in total. The standard InChI is InChI=1S/C11H7F5N2O2/c1-3-2-18(11(20)17-10(3)19)9-7(15)5(13)4(12)6(14)8(9)16/h3H,2H2,1H3,(H,17,19,20). The molecule has 1 heterocycles. The average Bonchev–Trinajstić information content (AvgIpc) is 2.40. The van der Waals surface area contributed by atoms with Gasteiger partial charge in [-0.15, -0.1) is 0 Å². The summed E-state index contributed by atoms with van der Waals surface area (Å²) in [6.07, 6.45) is 0. The minimum Gasteiger partial charge on any atom is -0.288 e. The molecule has 1 atom stereocenters. The third kappa shape index (κ3) is 1.98. The minimum absolute atomic E-state index is 0.308. The maximum atomic E-state index is 13.6. The van der Waals surface area contributed by atoms with Gasteiger partial charge >= 0.3 is 6.03 Å². The molecule has 1 aliphatic heterocycles. The van der Waals surface area contributed by atoms with Crippen molar-refractivity contribution in [3.05, 3.63) is 29.1 Å². The summed E-state index contributed by atoms with van der Waals surface area (Å²) >= 11 is 0. The molecular weight excluding hydrogens is 287 g/mol. The molecule has 108 valence electrons. The number of carbonyl (C=O) groups excluding carboxylic acids is 2. The SMILES string of the molecule is CC1CN(c2c(F)c(F)c(F)c(F)c2F)C(=O)NC1=O. The first kappa shape index (κ1) is 14.2. The monoisotopic (exact) mass is 294 g/mol. The number of rotatable bonds is 1. The highest BCUT2D eigenvalue weighted by molar-refractivity contribution is 6.06. The summed E-state index contributed by atoms with van der Waals surface area (Å²) in [6.45, 7) is 0.837. The van der Waals surface area contributed by atoms with Crippen LogP contribution in [0, 0.1) is 35.0 Å². The number of imide groups is 1. The van der Waals surface area contributed by atoms with Crippen molar-refractivity contribution < 1.29 is 31.5 Å². The first-order valence-electron chi connectivity index (χ1n) is 5.39. The summed E-state index contributed by atoms with van der Waals surface area (Å²) in [7, 11) is 0. The van der Waals surface area contributed by atoms with Crippen molar-refractivity contribution in [3.8, 4) is 0 Å². The Morgan fingerprint density at radius 3 is 1.90 bits per heavy atom. The van der Waals surface area contributed by atoms with Crippen molar-refractivity contribution in [1.29, 1.82) is 0 Å². The van der Waals surface area contributed by atoms with Gasteiger partial charge in [0.25, 0.3) is 0 Å². The summed E-state index contributed by atoms with van der Waals surface area (Å²) in [5, 5.41) is 1.76. The van der Waals surface area contributed by atoms with Gasteiger partial charge in [0, 0.05) is 6.54 Å². The quantitative estimate of drug-likeness (QED) is 0.490. The van der Waals surface area contributed by atoms with Crippen LogP contribution in [0.1, 0.15) is 6.92 Å². The zero-order valence-corrected chi connectivity index (χ0v) is 9.94. The fourth-order valence-corrected chi connectivity index (χ4v) is 1.76. The third-order valence-electron chi connectivity index (χ3n) is 2.84. The zero-order chi connectivity index (χ0) is 15.2. The molecule has 0 radical (unpaired) electrons. The van der Waals surface area contributed by atoms with E-state index >= 15 is 0 Å². The second-order valence-corrected chi connectivity index (χ2v) is 4.22. The van der Waals surface area contributed by atoms with Gasteiger partial charge in [-0.1, -0.05) is 6.92 Å². The first-order chi connectivity index (χ1) is 9.25. The Kier molecular flexibility index (Phi) is 3.36. The molecule has 0 bridgehead atoms. The number of hydrogen-bond donors (Lipinski definition) is 1. The van der Waals surface area contributed by atoms with Crippen molar-refractivity contribution in [3.63, 3.8) is 0 Å². The van der Waals surface area contributed by atoms with Gasteiger partial charge in [0.2, 0.25) is 11.7 Å². The maximum Gasteiger partial charge on any atom is 0.328 e. The number of anilines is 1. The van der Waals surface area contributed by atoms with Crippen molar-refractivity contribution in [2.75, 3.05) is 11.4 Å². The molecule has 3 amide bonds. The van der Waals surface area contributed by atoms with Crippen LogP contribution < -0.4 is 10.2 Å². The van der Waals surface area contributed by atoms with Gasteiger partial charge < -0.3 is 0 Å². The van der Waals surface area contributed by atoms with Crippen molar-refractivity contribution in [1.82, 2.24) is 5.32 Å². The molecule has 0 aliphatic carbocycles. The van der Waals surface area contributed by atoms with Crippen LogP contribution in [0.3, 0.4) is 0 Å². The van der Waals surface area contributed by atoms with Crippen LogP contribution in [0.2, 0.25) is 0 Å². The van der Waals surface area contributed by atoms with E-state index in [-0.39, 0.29) is 0 Å². The number of carbonyl (C=O) groups is 2. The Labute approximate surface area is 109 Å². The van der Waals surface area contributed by atoms with Crippen LogP contribution in [-0.4, -0.2) is 18.5 Å². The largest absolute Gasteiger partial charge is 0.328 e. The average molecular weight is 294 g/mol. The molecule has 0 spiro atoms. The van der Waals surface area contributed by atoms with E-state index in [0.717, 1.165) is 0 Å². The highest BCUT2D eigenvalue weighted by Gasteiger charge is 2.36. The lowest BCUT2D eigenvalue weighted by molar-refractivity contribution is -0.123. The van der Waals surface area contributed by atoms with E-state index in [1.54, 1.807) is 5.32 Å². The molecule has 1 aliphatic rings. The molecule has 1 unspecified atom stereocenters. The molecule has 1 aromatic carbocycles. The fraction of sp³-hybridized carbons (Fsp3) is 0.273. The van der Waals surface area contributed by atoms with E-state index in [0.29, 0.717) is 4.90 Å². The first-order valence-corrected chi connectivity index (χ1v) is 5.39. The highest BCUT2D eigenvalue weighted by atomic mass is 19.2. The van der Waals surface area contributed by atoms with Gasteiger partial charge in [0.05, 0.1) is 5.92 Å². The van der Waals surface area contributed by atoms with Gasteiger partial charge in [-0.05, 0) is 0 Å². The maximum absolute atomic E-state index is 13.6. The molecule has 20 heavy (non-hydrogen) atoms. The predicted octanol–water partition coefficient (Wildman–Crippen LogP) is 2.07. The van der Waals surface area contributed by atoms with Crippen LogP contribution in [0.25, 0.3) is 0 Å². The summed E-state index contributed by atoms with van der Waals surface area (Å²) in [5.74, 6) is -12.4. The second kappa shape index (κ2) is 4.73. The molecular formula is C11H7F5N2O2. The Morgan fingerprint density at radius 2 is 1.40 bits per heavy atom. The van der Waals surface area contributed by atoms with E-state index in [1.807, 2.05) is 0 Å². The lowest BCUT2D eigenvalue weighted by Gasteiger charge is -2.30. The molecule has 9 heteroatoms. The van der Waals surface area contributed by atoms with Crippen LogP contribution in [0.5, 0.6) is 0 Å². The summed E-state index contributed by atoms with van der Waals surface area (Å²) < 4.78 is 66.2. The summed E-state index contributed by atoms with van der Waals surface area (Å²) in [6, 6.07) is -1.25. The lowest BCUT2D eigenvalue weighted by atomic mass is 10.1. The highest BCUT2D eigenvalue weighted by Crippen LogP contribution is 2.31. The normalized spacial score (nSPS) is 19.3. The molecule has 1 aromatic rings. The smallest absolute Gasteiger partial charge is 0.288 e. The van der Waals surface area contributed by atoms with Crippen molar-refractivity contribution >= 4 is 17.6 Å². The predicted molar refractivity (Wildman–Crippen MR) is 56.3 cm³/mol. The second-order valence-electron chi connectivity index (χ2n) is 4.22. The Bertz CT molecular complexity index is 590. The fourth-order valence-electron chi connectivity index (χ4n) is 1.76. The topological polar surface area (TPSA) is 49.4 Å². The zero-order valence-electron chi connectivity index (χ0n) is 9.94. The Morgan fingerprint density at radius 1 is 0.950 bits per heavy atom. The van der Waals surface area contributed by atoms with E-state index in [2.05, 4.69) is 0 Å². The number of halogens is 5. The summed E-state index contributed by atoms with van der Waals surface area (Å²) in [4.78, 5) is 23.0. The van der Waals surface area contributed by atoms with Gasteiger partial charge in [-0.2, -0.15) is 0 Å². The van der Waals surface area contributed by atoms with Crippen molar-refractivity contribution in [2.45, 2.75) is 6.92 Å². The molecule has 1 fully saturated rings. The Hall–Kier alpha value is -2.19. The van der Waals surface area contributed by atoms with Crippen LogP contribution >= 0.6 is 0 Å². The molecule has 4 nitrogen and oxygen atoms in total. The Balaban J connectivity index is 2.58. The van der Waals surface area contributed by atoms with Gasteiger partial charge in [0.1, 0.15) is 5.69 Å². The summed E-state index contributed by atoms with van der Waals surface area (Å²) in [5.41, 5.74) is -1.38. The van der Waals surface area contributed by atoms with Crippen LogP contribution in [0.15, 0.2) is 0 Å². The molecule has 2 rings (SSSR count). The van der Waals surface area contributed by atoms with E-state index in [4.69, 9.17) is 0 Å². The number of nitrogens with zero attached hydrogens (tertiary/aromatic N) is 1. The minimum atomic E-state index is -2.31. The van der Waals surface area contributed by atoms with E-state index < -0.39 is 59.2 Å². The third-order valence-corrected chi connectivity index (χ3v) is 2.84. The number of amides is 3. The van der Waals surface area contributed by atoms with Gasteiger partial charge in [0.15, 0.2) is 23.3 Å². The molecule has 0 saturated carbocycles. The van der Waals surface area contributed by atoms with E-state index in [1.165, 1.54) is 6.92 Å². The van der Waals surface area contributed by atoms with Gasteiger partial charge in [-0.3, -0.25) is 15.0 Å². The van der Waals surface area contributed by atoms with E-state index in [9.17, 15) is 31.5 Å². The van der Waals surface area contributed by atoms with Crippen molar-refractivity contribution in [2.24, 2.45) is 5.92 Å². The number of nitrogens with one attached hydrogen (secondary N) is 1. The number of hydrogen-bond acceptors (Lipinski definition) is 2. The number of urea groups is 1. The lowest BCUT2D eigenvalue weighted by Crippen LogP contribution is -2.54.